The molecule has 7 rings (SSSR count). The number of Topliss-reactive ketones (excluding diaryl/α,β-unsaturated/α-hetero) is 1. The number of ketones is 1. The van der Waals surface area contributed by atoms with Crippen LogP contribution in [0.25, 0.3) is 48.1 Å². The first-order chi connectivity index (χ1) is 47.1. The summed E-state index contributed by atoms with van der Waals surface area (Å²) >= 11 is 3.34. The molecule has 0 saturated carbocycles. The Morgan fingerprint density at radius 3 is 1.22 bits per heavy atom. The third kappa shape index (κ3) is 22.1. The number of anilines is 2. The molecule has 0 unspecified atom stereocenters. The van der Waals surface area contributed by atoms with Crippen LogP contribution in [0.15, 0.2) is 95.9 Å². The Balaban J connectivity index is 1.24. The van der Waals surface area contributed by atoms with E-state index in [0.29, 0.717) is 50.9 Å². The summed E-state index contributed by atoms with van der Waals surface area (Å²) in [5.74, 6) is 2.71. The molecule has 3 aromatic heterocycles. The lowest BCUT2D eigenvalue weighted by molar-refractivity contribution is -0.469. The SMILES string of the molecule is CCCCCCn1c(/C=C/c2sc(/C=C/c3ccc(N(CCCC)CCCC)cc3)c(OCCCC)c2OCCCC)ccc1C1=C([O-])/C(=C2/C=CC(/C=C/c3sc(/C=C/c4ccc(N(CCCC)CCCC)cc4)c(OCCCC)c3OCCCC)=[N+]2CCCCCC)C1=O. The molecule has 0 spiro atoms. The third-order valence-corrected chi connectivity index (χ3v) is 20.1. The van der Waals surface area contributed by atoms with Crippen molar-refractivity contribution in [1.82, 2.24) is 4.57 Å². The van der Waals surface area contributed by atoms with Crippen molar-refractivity contribution in [3.05, 3.63) is 138 Å². The molecule has 4 heterocycles. The van der Waals surface area contributed by atoms with Crippen molar-refractivity contribution in [3.8, 4) is 23.0 Å². The fourth-order valence-electron chi connectivity index (χ4n) is 12.0. The van der Waals surface area contributed by atoms with Crippen LogP contribution in [0.3, 0.4) is 0 Å². The molecule has 0 amide bonds. The Bertz CT molecular complexity index is 3380. The van der Waals surface area contributed by atoms with E-state index in [-0.39, 0.29) is 22.7 Å². The average molecular weight is 1340 g/mol. The van der Waals surface area contributed by atoms with Crippen molar-refractivity contribution in [2.24, 2.45) is 0 Å². The molecule has 0 N–H and O–H groups in total. The molecule has 1 aliphatic heterocycles. The monoisotopic (exact) mass is 1340 g/mol. The topological polar surface area (TPSA) is 91.5 Å². The van der Waals surface area contributed by atoms with Gasteiger partial charge in [0.05, 0.1) is 57.2 Å². The van der Waals surface area contributed by atoms with Gasteiger partial charge in [-0.1, -0.05) is 195 Å². The highest BCUT2D eigenvalue weighted by Gasteiger charge is 2.38. The fourth-order valence-corrected chi connectivity index (χ4v) is 14.0. The van der Waals surface area contributed by atoms with Gasteiger partial charge in [0.25, 0.3) is 0 Å². The van der Waals surface area contributed by atoms with Crippen LogP contribution in [-0.2, 0) is 11.3 Å². The predicted molar refractivity (Wildman–Crippen MR) is 414 cm³/mol. The Hall–Kier alpha value is -6.76. The van der Waals surface area contributed by atoms with E-state index >= 15 is 0 Å². The maximum absolute atomic E-state index is 15.0. The van der Waals surface area contributed by atoms with E-state index < -0.39 is 0 Å². The first kappa shape index (κ1) is 76.6. The molecular weight excluding hydrogens is 1230 g/mol. The Kier molecular flexibility index (Phi) is 34.2. The minimum Gasteiger partial charge on any atom is -0.871 e. The van der Waals surface area contributed by atoms with Gasteiger partial charge in [-0.2, -0.15) is 4.58 Å². The Morgan fingerprint density at radius 1 is 0.417 bits per heavy atom. The summed E-state index contributed by atoms with van der Waals surface area (Å²) in [6.07, 6.45) is 47.0. The van der Waals surface area contributed by atoms with Crippen LogP contribution in [0, 0.1) is 0 Å². The molecule has 96 heavy (non-hydrogen) atoms. The minimum absolute atomic E-state index is 0.197. The largest absolute Gasteiger partial charge is 0.871 e. The van der Waals surface area contributed by atoms with E-state index in [1.807, 2.05) is 12.1 Å². The summed E-state index contributed by atoms with van der Waals surface area (Å²) in [5.41, 5.74) is 8.57. The normalized spacial score (nSPS) is 14.2. The van der Waals surface area contributed by atoms with Crippen LogP contribution in [0.2, 0.25) is 0 Å². The lowest BCUT2D eigenvalue weighted by Crippen LogP contribution is -2.33. The number of allylic oxidation sites excluding steroid dienone is 5. The van der Waals surface area contributed by atoms with Gasteiger partial charge in [-0.25, -0.2) is 0 Å². The molecule has 2 aliphatic rings. The highest BCUT2D eigenvalue weighted by Crippen LogP contribution is 2.47. The van der Waals surface area contributed by atoms with Gasteiger partial charge in [0, 0.05) is 80.0 Å². The zero-order chi connectivity index (χ0) is 68.3. The number of hydrogen-bond donors (Lipinski definition) is 0. The van der Waals surface area contributed by atoms with E-state index in [0.717, 1.165) is 194 Å². The van der Waals surface area contributed by atoms with E-state index in [9.17, 15) is 9.90 Å². The molecule has 1 aliphatic carbocycles. The van der Waals surface area contributed by atoms with E-state index in [2.05, 4.69) is 197 Å². The lowest BCUT2D eigenvalue weighted by Gasteiger charge is -2.31. The van der Waals surface area contributed by atoms with Gasteiger partial charge < -0.3 is 38.4 Å². The number of ether oxygens (including phenoxy) is 4. The molecule has 5 aromatic rings. The minimum atomic E-state index is -0.197. The fraction of sp³-hybridized carbons (Fsp3) is 0.524. The van der Waals surface area contributed by atoms with Gasteiger partial charge >= 0.3 is 0 Å². The van der Waals surface area contributed by atoms with Crippen molar-refractivity contribution < 1.29 is 33.4 Å². The van der Waals surface area contributed by atoms with Gasteiger partial charge in [0.2, 0.25) is 17.2 Å². The first-order valence-corrected chi connectivity index (χ1v) is 39.2. The Labute approximate surface area is 587 Å². The second kappa shape index (κ2) is 42.8. The number of rotatable bonds is 49. The quantitative estimate of drug-likeness (QED) is 0.0216. The van der Waals surface area contributed by atoms with Crippen molar-refractivity contribution in [3.63, 3.8) is 0 Å². The number of unbranched alkanes of at least 4 members (excludes halogenated alkanes) is 14. The van der Waals surface area contributed by atoms with E-state index in [4.69, 9.17) is 18.9 Å². The maximum Gasteiger partial charge on any atom is 0.216 e. The van der Waals surface area contributed by atoms with Crippen LogP contribution < -0.4 is 33.9 Å². The third-order valence-electron chi connectivity index (χ3n) is 18.0. The predicted octanol–water partition coefficient (Wildman–Crippen LogP) is 22.5. The molecule has 522 valence electrons. The second-order valence-corrected chi connectivity index (χ2v) is 28.0. The summed E-state index contributed by atoms with van der Waals surface area (Å²) in [5, 5.41) is 15.0. The number of benzene rings is 2. The first-order valence-electron chi connectivity index (χ1n) is 37.6. The van der Waals surface area contributed by atoms with Crippen LogP contribution in [0.5, 0.6) is 23.0 Å². The number of thiophene rings is 2. The van der Waals surface area contributed by atoms with Crippen LogP contribution in [0.1, 0.15) is 265 Å². The van der Waals surface area contributed by atoms with Crippen LogP contribution in [0.4, 0.5) is 11.4 Å². The number of hydrogen-bond acceptors (Lipinski definition) is 10. The summed E-state index contributed by atoms with van der Waals surface area (Å²) < 4.78 is 31.1. The number of aromatic nitrogens is 1. The molecule has 2 aromatic carbocycles. The average Bonchev–Trinajstić information content (AvgIpc) is 1.36. The molecule has 0 bridgehead atoms. The van der Waals surface area contributed by atoms with E-state index in [1.54, 1.807) is 22.7 Å². The molecule has 12 heteroatoms. The van der Waals surface area contributed by atoms with Gasteiger partial charge in [0.1, 0.15) is 6.54 Å². The second-order valence-electron chi connectivity index (χ2n) is 25.8. The Morgan fingerprint density at radius 2 is 0.812 bits per heavy atom. The maximum atomic E-state index is 15.0. The molecule has 0 atom stereocenters. The van der Waals surface area contributed by atoms with E-state index in [1.165, 1.54) is 62.7 Å². The summed E-state index contributed by atoms with van der Waals surface area (Å²) in [6.45, 7) is 30.3. The highest BCUT2D eigenvalue weighted by atomic mass is 32.1. The van der Waals surface area contributed by atoms with Crippen LogP contribution >= 0.6 is 22.7 Å². The number of carbonyl (C=O) groups excluding carboxylic acids is 1. The number of nitrogens with zero attached hydrogens (tertiary/aromatic N) is 4. The summed E-state index contributed by atoms with van der Waals surface area (Å²) in [6, 6.07) is 22.0. The van der Waals surface area contributed by atoms with Gasteiger partial charge in [-0.3, -0.25) is 4.79 Å². The number of carbonyl (C=O) groups is 1. The molecule has 0 radical (unpaired) electrons. The standard InChI is InChI=1S/C84H118N4O6S2/c1-11-21-31-33-59-87-69(47-53-75-83(93-63-29-19-9)81(91-61-27-17-7)73(95-75)51-39-65-35-41-67(42-36-65)85(55-23-13-3)56-24-14-4)45-49-71(87)77-79(89)78(80(77)90)72-50-46-70(88(72)60-34-32-22-12-2)48-54-76-84(94-64-30-20-10)82(92-62-28-18-8)74(96-76)52-40-66-37-43-68(44-38-66)86(57-25-15-5)58-26-16-6/h35-54H,11-34,55-64H2,1-10H3. The molecule has 0 saturated heterocycles. The molecule has 10 nitrogen and oxygen atoms in total. The zero-order valence-corrected chi connectivity index (χ0v) is 62.3. The van der Waals surface area contributed by atoms with Crippen molar-refractivity contribution in [2.75, 3.05) is 69.0 Å². The van der Waals surface area contributed by atoms with Crippen molar-refractivity contribution in [1.29, 1.82) is 0 Å². The molecular formula is C84H118N4O6S2. The van der Waals surface area contributed by atoms with Crippen molar-refractivity contribution >= 4 is 93.6 Å². The summed E-state index contributed by atoms with van der Waals surface area (Å²) in [7, 11) is 0. The zero-order valence-electron chi connectivity index (χ0n) is 60.6. The highest BCUT2D eigenvalue weighted by molar-refractivity contribution is 7.15. The van der Waals surface area contributed by atoms with Crippen molar-refractivity contribution in [2.45, 2.75) is 230 Å². The van der Waals surface area contributed by atoms with Crippen LogP contribution in [-0.4, -0.2) is 79.8 Å². The summed E-state index contributed by atoms with van der Waals surface area (Å²) in [4.78, 5) is 24.0. The smallest absolute Gasteiger partial charge is 0.216 e. The van der Waals surface area contributed by atoms with Gasteiger partial charge in [-0.05, 0) is 142 Å². The van der Waals surface area contributed by atoms with Gasteiger partial charge in [-0.15, -0.1) is 22.7 Å². The molecule has 0 fully saturated rings. The van der Waals surface area contributed by atoms with Gasteiger partial charge in [0.15, 0.2) is 23.0 Å². The lowest BCUT2D eigenvalue weighted by atomic mass is 9.84.